The van der Waals surface area contributed by atoms with Gasteiger partial charge in [0.2, 0.25) is 0 Å². The van der Waals surface area contributed by atoms with Crippen molar-refractivity contribution in [3.05, 3.63) is 64.7 Å². The van der Waals surface area contributed by atoms with Gasteiger partial charge in [-0.2, -0.15) is 5.01 Å². The number of hydrazine groups is 1. The molecule has 26 heavy (non-hydrogen) atoms. The summed E-state index contributed by atoms with van der Waals surface area (Å²) < 4.78 is 0. The third kappa shape index (κ3) is 3.23. The van der Waals surface area contributed by atoms with Crippen LogP contribution in [0.2, 0.25) is 5.02 Å². The van der Waals surface area contributed by atoms with Crippen molar-refractivity contribution in [1.82, 2.24) is 15.8 Å². The van der Waals surface area contributed by atoms with E-state index in [4.69, 9.17) is 23.8 Å². The van der Waals surface area contributed by atoms with Crippen LogP contribution in [0, 0.1) is 6.92 Å². The molecule has 1 saturated heterocycles. The number of carbonyl (C=O) groups excluding carboxylic acids is 2. The molecule has 0 bridgehead atoms. The summed E-state index contributed by atoms with van der Waals surface area (Å²) in [7, 11) is 0. The molecule has 3 rings (SSSR count). The minimum absolute atomic E-state index is 0.108. The zero-order valence-corrected chi connectivity index (χ0v) is 15.7. The molecule has 0 saturated carbocycles. The maximum absolute atomic E-state index is 12.8. The Morgan fingerprint density at radius 3 is 2.54 bits per heavy atom. The highest BCUT2D eigenvalue weighted by Gasteiger charge is 2.49. The molecule has 2 aromatic rings. The average Bonchev–Trinajstić information content (AvgIpc) is 2.84. The Hall–Kier alpha value is -2.64. The predicted octanol–water partition coefficient (Wildman–Crippen LogP) is 3.32. The van der Waals surface area contributed by atoms with Crippen LogP contribution in [0.4, 0.5) is 10.5 Å². The zero-order chi connectivity index (χ0) is 18.9. The van der Waals surface area contributed by atoms with E-state index in [1.165, 1.54) is 0 Å². The first-order valence-corrected chi connectivity index (χ1v) is 8.66. The first kappa shape index (κ1) is 18.2. The number of nitrogens with one attached hydrogen (secondary N) is 3. The van der Waals surface area contributed by atoms with Gasteiger partial charge in [-0.25, -0.2) is 4.79 Å². The first-order valence-electron chi connectivity index (χ1n) is 7.88. The van der Waals surface area contributed by atoms with Gasteiger partial charge >= 0.3 is 6.03 Å². The summed E-state index contributed by atoms with van der Waals surface area (Å²) in [5.41, 5.74) is 3.67. The Morgan fingerprint density at radius 2 is 1.85 bits per heavy atom. The Balaban J connectivity index is 1.76. The summed E-state index contributed by atoms with van der Waals surface area (Å²) in [5, 5.41) is 7.22. The third-order valence-corrected chi connectivity index (χ3v) is 4.87. The fraction of sp³-hybridized carbons (Fsp3) is 0.167. The van der Waals surface area contributed by atoms with E-state index in [0.717, 1.165) is 10.6 Å². The molecule has 0 unspecified atom stereocenters. The number of amides is 3. The van der Waals surface area contributed by atoms with Gasteiger partial charge in [-0.05, 0) is 49.3 Å². The van der Waals surface area contributed by atoms with Crippen molar-refractivity contribution in [1.29, 1.82) is 0 Å². The normalized spacial score (nSPS) is 19.3. The number of carbonyl (C=O) groups is 2. The molecule has 1 aliphatic heterocycles. The lowest BCUT2D eigenvalue weighted by atomic mass is 9.92. The first-order chi connectivity index (χ1) is 12.3. The molecular weight excluding hydrogens is 372 g/mol. The number of imide groups is 1. The van der Waals surface area contributed by atoms with Crippen LogP contribution in [0.3, 0.4) is 0 Å². The number of hydrogen-bond donors (Lipinski definition) is 3. The number of thiocarbonyl (C=S) groups is 1. The smallest absolute Gasteiger partial charge is 0.331 e. The minimum atomic E-state index is -1.16. The highest BCUT2D eigenvalue weighted by molar-refractivity contribution is 7.80. The fourth-order valence-electron chi connectivity index (χ4n) is 2.70. The molecule has 134 valence electrons. The van der Waals surface area contributed by atoms with E-state index in [1.807, 2.05) is 25.1 Å². The highest BCUT2D eigenvalue weighted by atomic mass is 35.5. The molecule has 0 radical (unpaired) electrons. The number of nitrogens with zero attached hydrogens (tertiary/aromatic N) is 1. The Kier molecular flexibility index (Phi) is 4.84. The molecule has 6 nitrogen and oxygen atoms in total. The number of benzene rings is 2. The van der Waals surface area contributed by atoms with E-state index in [2.05, 4.69) is 16.1 Å². The molecule has 2 aromatic carbocycles. The van der Waals surface area contributed by atoms with Crippen LogP contribution in [-0.2, 0) is 10.3 Å². The summed E-state index contributed by atoms with van der Waals surface area (Å²) in [5.74, 6) is -0.444. The molecule has 8 heteroatoms. The molecule has 1 fully saturated rings. The average molecular weight is 389 g/mol. The van der Waals surface area contributed by atoms with Crippen molar-refractivity contribution >= 4 is 46.6 Å². The Labute approximate surface area is 161 Å². The van der Waals surface area contributed by atoms with Crippen LogP contribution < -0.4 is 16.1 Å². The quantitative estimate of drug-likeness (QED) is 0.555. The van der Waals surface area contributed by atoms with Gasteiger partial charge in [-0.15, -0.1) is 0 Å². The molecule has 3 N–H and O–H groups in total. The van der Waals surface area contributed by atoms with Gasteiger partial charge in [0.1, 0.15) is 5.54 Å². The molecule has 0 spiro atoms. The summed E-state index contributed by atoms with van der Waals surface area (Å²) in [6, 6.07) is 13.8. The summed E-state index contributed by atoms with van der Waals surface area (Å²) in [6.07, 6.45) is 0. The maximum Gasteiger partial charge on any atom is 0.344 e. The molecule has 0 aromatic heterocycles. The standard InChI is InChI=1S/C18H17ClN4O2S/c1-11-13(19)9-6-10-14(11)20-16(26)22-23-15(24)18(2,21-17(23)25)12-7-4-3-5-8-12/h3-10H,1-2H3,(H,21,25)(H2,20,22,26)/t18-/m0/s1. The predicted molar refractivity (Wildman–Crippen MR) is 105 cm³/mol. The van der Waals surface area contributed by atoms with Crippen LogP contribution in [0.25, 0.3) is 0 Å². The molecule has 1 heterocycles. The SMILES string of the molecule is Cc1c(Cl)cccc1NC(=S)NN1C(=O)N[C@@](C)(c2ccccc2)C1=O. The van der Waals surface area contributed by atoms with Crippen LogP contribution in [0.5, 0.6) is 0 Å². The number of hydrogen-bond acceptors (Lipinski definition) is 3. The van der Waals surface area contributed by atoms with Crippen molar-refractivity contribution in [2.75, 3.05) is 5.32 Å². The van der Waals surface area contributed by atoms with Crippen molar-refractivity contribution in [2.45, 2.75) is 19.4 Å². The molecule has 0 aliphatic carbocycles. The van der Waals surface area contributed by atoms with Crippen molar-refractivity contribution in [3.63, 3.8) is 0 Å². The lowest BCUT2D eigenvalue weighted by molar-refractivity contribution is -0.132. The third-order valence-electron chi connectivity index (χ3n) is 4.27. The summed E-state index contributed by atoms with van der Waals surface area (Å²) in [6.45, 7) is 3.50. The minimum Gasteiger partial charge on any atom is -0.331 e. The lowest BCUT2D eigenvalue weighted by Gasteiger charge is -2.22. The van der Waals surface area contributed by atoms with Crippen LogP contribution in [0.1, 0.15) is 18.1 Å². The number of urea groups is 1. The lowest BCUT2D eigenvalue weighted by Crippen LogP contribution is -2.49. The number of rotatable bonds is 3. The van der Waals surface area contributed by atoms with Gasteiger partial charge in [-0.1, -0.05) is 48.0 Å². The van der Waals surface area contributed by atoms with E-state index in [9.17, 15) is 9.59 Å². The van der Waals surface area contributed by atoms with Gasteiger partial charge in [0, 0.05) is 10.7 Å². The van der Waals surface area contributed by atoms with Crippen LogP contribution >= 0.6 is 23.8 Å². The van der Waals surface area contributed by atoms with E-state index in [1.54, 1.807) is 37.3 Å². The molecule has 3 amide bonds. The number of anilines is 1. The fourth-order valence-corrected chi connectivity index (χ4v) is 3.08. The topological polar surface area (TPSA) is 73.5 Å². The number of halogens is 1. The van der Waals surface area contributed by atoms with E-state index < -0.39 is 17.5 Å². The van der Waals surface area contributed by atoms with E-state index in [-0.39, 0.29) is 5.11 Å². The van der Waals surface area contributed by atoms with Crippen molar-refractivity contribution < 1.29 is 9.59 Å². The summed E-state index contributed by atoms with van der Waals surface area (Å²) >= 11 is 11.3. The van der Waals surface area contributed by atoms with Gasteiger partial charge in [0.15, 0.2) is 5.11 Å². The monoisotopic (exact) mass is 388 g/mol. The maximum atomic E-state index is 12.8. The van der Waals surface area contributed by atoms with E-state index in [0.29, 0.717) is 16.3 Å². The van der Waals surface area contributed by atoms with Gasteiger partial charge in [-0.3, -0.25) is 10.2 Å². The molecular formula is C18H17ClN4O2S. The Morgan fingerprint density at radius 1 is 1.15 bits per heavy atom. The zero-order valence-electron chi connectivity index (χ0n) is 14.2. The van der Waals surface area contributed by atoms with Gasteiger partial charge in [0.25, 0.3) is 5.91 Å². The second-order valence-corrected chi connectivity index (χ2v) is 6.86. The van der Waals surface area contributed by atoms with Crippen LogP contribution in [-0.4, -0.2) is 22.1 Å². The second-order valence-electron chi connectivity index (χ2n) is 6.04. The summed E-state index contributed by atoms with van der Waals surface area (Å²) in [4.78, 5) is 25.1. The van der Waals surface area contributed by atoms with Crippen LogP contribution in [0.15, 0.2) is 48.5 Å². The highest BCUT2D eigenvalue weighted by Crippen LogP contribution is 2.28. The second kappa shape index (κ2) is 6.93. The van der Waals surface area contributed by atoms with Gasteiger partial charge < -0.3 is 10.6 Å². The van der Waals surface area contributed by atoms with Gasteiger partial charge in [0.05, 0.1) is 0 Å². The Bertz CT molecular complexity index is 890. The molecule has 1 aliphatic rings. The largest absolute Gasteiger partial charge is 0.344 e. The van der Waals surface area contributed by atoms with Crippen molar-refractivity contribution in [2.24, 2.45) is 0 Å². The molecule has 1 atom stereocenters. The van der Waals surface area contributed by atoms with E-state index >= 15 is 0 Å². The van der Waals surface area contributed by atoms with Crippen molar-refractivity contribution in [3.8, 4) is 0 Å².